The molecule has 1 heterocycles. The van der Waals surface area contributed by atoms with Gasteiger partial charge in [0.05, 0.1) is 11.9 Å². The molecule has 0 bridgehead atoms. The molecular weight excluding hydrogens is 319 g/mol. The van der Waals surface area contributed by atoms with Gasteiger partial charge < -0.3 is 4.90 Å². The van der Waals surface area contributed by atoms with E-state index >= 15 is 0 Å². The number of hydrogen-bond acceptors (Lipinski definition) is 3. The van der Waals surface area contributed by atoms with Gasteiger partial charge in [-0.05, 0) is 43.0 Å². The minimum absolute atomic E-state index is 0.0349. The number of benzene rings is 1. The maximum atomic E-state index is 13.0. The number of sulfonamides is 1. The molecule has 1 amide bonds. The van der Waals surface area contributed by atoms with Crippen molar-refractivity contribution in [3.63, 3.8) is 0 Å². The first-order valence-electron chi connectivity index (χ1n) is 7.78. The van der Waals surface area contributed by atoms with Crippen molar-refractivity contribution in [1.82, 2.24) is 4.90 Å². The molecule has 1 saturated heterocycles. The number of halogens is 1. The molecule has 1 unspecified atom stereocenters. The highest BCUT2D eigenvalue weighted by Gasteiger charge is 2.23. The molecule has 1 atom stereocenters. The summed E-state index contributed by atoms with van der Waals surface area (Å²) in [7, 11) is -3.53. The van der Waals surface area contributed by atoms with Gasteiger partial charge in [0.25, 0.3) is 0 Å². The zero-order chi connectivity index (χ0) is 17.0. The average molecular weight is 342 g/mol. The van der Waals surface area contributed by atoms with Crippen LogP contribution < -0.4 is 4.31 Å². The van der Waals surface area contributed by atoms with Gasteiger partial charge >= 0.3 is 0 Å². The van der Waals surface area contributed by atoms with Crippen molar-refractivity contribution in [2.24, 2.45) is 5.92 Å². The lowest BCUT2D eigenvalue weighted by molar-refractivity contribution is -0.132. The molecule has 1 aromatic carbocycles. The summed E-state index contributed by atoms with van der Waals surface area (Å²) < 4.78 is 38.1. The second-order valence-electron chi connectivity index (χ2n) is 6.15. The molecule has 2 rings (SSSR count). The van der Waals surface area contributed by atoms with E-state index in [9.17, 15) is 17.6 Å². The molecule has 128 valence electrons. The Labute approximate surface area is 137 Å². The first-order chi connectivity index (χ1) is 10.8. The van der Waals surface area contributed by atoms with Gasteiger partial charge in [0.15, 0.2) is 0 Å². The molecule has 0 spiro atoms. The fourth-order valence-electron chi connectivity index (χ4n) is 2.86. The number of rotatable bonds is 5. The van der Waals surface area contributed by atoms with E-state index in [1.165, 1.54) is 24.3 Å². The smallest absolute Gasteiger partial charge is 0.232 e. The van der Waals surface area contributed by atoms with Crippen molar-refractivity contribution in [3.8, 4) is 0 Å². The normalized spacial score (nSPS) is 18.7. The van der Waals surface area contributed by atoms with Crippen LogP contribution in [0.3, 0.4) is 0 Å². The zero-order valence-electron chi connectivity index (χ0n) is 13.5. The third-order valence-electron chi connectivity index (χ3n) is 4.05. The van der Waals surface area contributed by atoms with Crippen LogP contribution >= 0.6 is 0 Å². The SMILES string of the molecule is CC1CCCN(C(=O)CCN(c2ccc(F)cc2)S(C)(=O)=O)C1. The lowest BCUT2D eigenvalue weighted by Crippen LogP contribution is -2.41. The topological polar surface area (TPSA) is 57.7 Å². The number of anilines is 1. The van der Waals surface area contributed by atoms with Gasteiger partial charge in [0.2, 0.25) is 15.9 Å². The monoisotopic (exact) mass is 342 g/mol. The maximum absolute atomic E-state index is 13.0. The predicted octanol–water partition coefficient (Wildman–Crippen LogP) is 2.24. The van der Waals surface area contributed by atoms with Crippen LogP contribution in [0.5, 0.6) is 0 Å². The van der Waals surface area contributed by atoms with E-state index in [1.807, 2.05) is 0 Å². The summed E-state index contributed by atoms with van der Waals surface area (Å²) in [6.07, 6.45) is 3.32. The minimum Gasteiger partial charge on any atom is -0.342 e. The van der Waals surface area contributed by atoms with Gasteiger partial charge in [-0.25, -0.2) is 12.8 Å². The Bertz CT molecular complexity index is 646. The highest BCUT2D eigenvalue weighted by atomic mass is 32.2. The fraction of sp³-hybridized carbons (Fsp3) is 0.562. The Hall–Kier alpha value is -1.63. The summed E-state index contributed by atoms with van der Waals surface area (Å²) in [5.41, 5.74) is 0.369. The van der Waals surface area contributed by atoms with E-state index in [1.54, 1.807) is 4.90 Å². The quantitative estimate of drug-likeness (QED) is 0.824. The number of carbonyl (C=O) groups is 1. The molecule has 0 saturated carbocycles. The van der Waals surface area contributed by atoms with Gasteiger partial charge in [0.1, 0.15) is 5.82 Å². The van der Waals surface area contributed by atoms with E-state index in [4.69, 9.17) is 0 Å². The molecule has 23 heavy (non-hydrogen) atoms. The van der Waals surface area contributed by atoms with E-state index in [0.717, 1.165) is 36.5 Å². The third kappa shape index (κ3) is 4.92. The van der Waals surface area contributed by atoms with Gasteiger partial charge in [-0.15, -0.1) is 0 Å². The first kappa shape index (κ1) is 17.7. The lowest BCUT2D eigenvalue weighted by Gasteiger charge is -2.31. The zero-order valence-corrected chi connectivity index (χ0v) is 14.4. The molecule has 1 aromatic rings. The molecule has 1 fully saturated rings. The van der Waals surface area contributed by atoms with Gasteiger partial charge in [-0.1, -0.05) is 6.92 Å². The summed E-state index contributed by atoms with van der Waals surface area (Å²) in [4.78, 5) is 14.1. The minimum atomic E-state index is -3.53. The maximum Gasteiger partial charge on any atom is 0.232 e. The molecular formula is C16H23FN2O3S. The van der Waals surface area contributed by atoms with Gasteiger partial charge in [0, 0.05) is 26.1 Å². The Morgan fingerprint density at radius 3 is 2.57 bits per heavy atom. The molecule has 5 nitrogen and oxygen atoms in total. The summed E-state index contributed by atoms with van der Waals surface area (Å²) in [5.74, 6) is 0.0173. The van der Waals surface area contributed by atoms with Crippen molar-refractivity contribution in [1.29, 1.82) is 0 Å². The summed E-state index contributed by atoms with van der Waals surface area (Å²) in [6, 6.07) is 5.23. The number of amides is 1. The summed E-state index contributed by atoms with van der Waals surface area (Å²) >= 11 is 0. The van der Waals surface area contributed by atoms with E-state index < -0.39 is 15.8 Å². The van der Waals surface area contributed by atoms with Crippen LogP contribution in [-0.4, -0.2) is 45.1 Å². The van der Waals surface area contributed by atoms with Crippen LogP contribution in [0, 0.1) is 11.7 Å². The van der Waals surface area contributed by atoms with Crippen LogP contribution in [0.15, 0.2) is 24.3 Å². The molecule has 1 aliphatic rings. The number of carbonyl (C=O) groups excluding carboxylic acids is 1. The van der Waals surface area contributed by atoms with Crippen LogP contribution in [0.25, 0.3) is 0 Å². The Kier molecular flexibility index (Phi) is 5.62. The van der Waals surface area contributed by atoms with Gasteiger partial charge in [-0.2, -0.15) is 0 Å². The molecule has 0 radical (unpaired) electrons. The Morgan fingerprint density at radius 2 is 2.00 bits per heavy atom. The van der Waals surface area contributed by atoms with Crippen LogP contribution in [0.4, 0.5) is 10.1 Å². The predicted molar refractivity (Wildman–Crippen MR) is 88.2 cm³/mol. The number of hydrogen-bond donors (Lipinski definition) is 0. The molecule has 1 aliphatic heterocycles. The van der Waals surface area contributed by atoms with E-state index in [2.05, 4.69) is 6.92 Å². The van der Waals surface area contributed by atoms with Crippen molar-refractivity contribution in [2.75, 3.05) is 30.2 Å². The van der Waals surface area contributed by atoms with E-state index in [0.29, 0.717) is 11.6 Å². The Morgan fingerprint density at radius 1 is 1.35 bits per heavy atom. The second-order valence-corrected chi connectivity index (χ2v) is 8.06. The van der Waals surface area contributed by atoms with Crippen molar-refractivity contribution in [3.05, 3.63) is 30.1 Å². The van der Waals surface area contributed by atoms with Crippen molar-refractivity contribution < 1.29 is 17.6 Å². The standard InChI is InChI=1S/C16H23FN2O3S/c1-13-4-3-10-18(12-13)16(20)9-11-19(23(2,21)22)15-7-5-14(17)6-8-15/h5-8,13H,3-4,9-12H2,1-2H3. The van der Waals surface area contributed by atoms with Crippen molar-refractivity contribution in [2.45, 2.75) is 26.2 Å². The summed E-state index contributed by atoms with van der Waals surface area (Å²) in [5, 5.41) is 0. The second kappa shape index (κ2) is 7.29. The highest BCUT2D eigenvalue weighted by Crippen LogP contribution is 2.20. The first-order valence-corrected chi connectivity index (χ1v) is 9.63. The van der Waals surface area contributed by atoms with E-state index in [-0.39, 0.29) is 18.9 Å². The van der Waals surface area contributed by atoms with Crippen LogP contribution in [0.1, 0.15) is 26.2 Å². The molecule has 7 heteroatoms. The van der Waals surface area contributed by atoms with Crippen LogP contribution in [-0.2, 0) is 14.8 Å². The number of likely N-dealkylation sites (tertiary alicyclic amines) is 1. The number of nitrogens with zero attached hydrogens (tertiary/aromatic N) is 2. The highest BCUT2D eigenvalue weighted by molar-refractivity contribution is 7.92. The third-order valence-corrected chi connectivity index (χ3v) is 5.25. The largest absolute Gasteiger partial charge is 0.342 e. The number of piperidine rings is 1. The molecule has 0 aliphatic carbocycles. The van der Waals surface area contributed by atoms with Crippen molar-refractivity contribution >= 4 is 21.6 Å². The molecule has 0 N–H and O–H groups in total. The van der Waals surface area contributed by atoms with Gasteiger partial charge in [-0.3, -0.25) is 9.10 Å². The van der Waals surface area contributed by atoms with Crippen LogP contribution in [0.2, 0.25) is 0 Å². The average Bonchev–Trinajstić information content (AvgIpc) is 2.47. The molecule has 0 aromatic heterocycles. The lowest BCUT2D eigenvalue weighted by atomic mass is 10.00. The fourth-order valence-corrected chi connectivity index (χ4v) is 3.79. The Balaban J connectivity index is 2.04. The summed E-state index contributed by atoms with van der Waals surface area (Å²) in [6.45, 7) is 3.64.